The number of anilines is 1. The van der Waals surface area contributed by atoms with Gasteiger partial charge in [0, 0.05) is 23.4 Å². The van der Waals surface area contributed by atoms with Gasteiger partial charge in [-0.1, -0.05) is 0 Å². The number of ether oxygens (including phenoxy) is 4. The minimum Gasteiger partial charge on any atom is -0.494 e. The molecule has 0 spiro atoms. The normalized spacial score (nSPS) is 11.6. The van der Waals surface area contributed by atoms with Gasteiger partial charge in [-0.2, -0.15) is 0 Å². The van der Waals surface area contributed by atoms with Crippen LogP contribution >= 0.6 is 0 Å². The minimum absolute atomic E-state index is 0.187. The van der Waals surface area contributed by atoms with Crippen molar-refractivity contribution in [1.29, 1.82) is 0 Å². The number of benzene rings is 2. The molecule has 2 N–H and O–H groups in total. The van der Waals surface area contributed by atoms with Crippen LogP contribution < -0.4 is 29.6 Å². The van der Waals surface area contributed by atoms with Crippen LogP contribution in [0.2, 0.25) is 0 Å². The molecule has 0 saturated heterocycles. The van der Waals surface area contributed by atoms with Crippen molar-refractivity contribution in [2.24, 2.45) is 0 Å². The second kappa shape index (κ2) is 9.66. The first kappa shape index (κ1) is 20.3. The Hall–Kier alpha value is -4.01. The summed E-state index contributed by atoms with van der Waals surface area (Å²) in [7, 11) is 0. The number of fused-ring (bicyclic) bond motifs is 1. The molecule has 3 aromatic rings. The Morgan fingerprint density at radius 3 is 2.61 bits per heavy atom. The topological polar surface area (TPSA) is 104 Å². The summed E-state index contributed by atoms with van der Waals surface area (Å²) in [6, 6.07) is 16.1. The number of carbonyl (C=O) groups excluding carboxylic acids is 1. The van der Waals surface area contributed by atoms with E-state index in [9.17, 15) is 4.79 Å². The summed E-state index contributed by atoms with van der Waals surface area (Å²) >= 11 is 0. The number of hydrogen-bond acceptors (Lipinski definition) is 7. The molecule has 9 heteroatoms. The van der Waals surface area contributed by atoms with Crippen LogP contribution in [-0.2, 0) is 0 Å². The summed E-state index contributed by atoms with van der Waals surface area (Å²) in [6.45, 7) is 3.32. The van der Waals surface area contributed by atoms with Crippen LogP contribution in [0.3, 0.4) is 0 Å². The molecule has 0 aliphatic carbocycles. The number of nitrogens with zero attached hydrogens (tertiary/aromatic N) is 2. The highest BCUT2D eigenvalue weighted by molar-refractivity contribution is 5.89. The first-order valence-electron chi connectivity index (χ1n) is 9.85. The fourth-order valence-corrected chi connectivity index (χ4v) is 2.91. The highest BCUT2D eigenvalue weighted by atomic mass is 16.7. The van der Waals surface area contributed by atoms with Crippen LogP contribution in [0.25, 0.3) is 11.3 Å². The molecule has 31 heavy (non-hydrogen) atoms. The van der Waals surface area contributed by atoms with E-state index in [4.69, 9.17) is 18.9 Å². The lowest BCUT2D eigenvalue weighted by Gasteiger charge is -2.09. The van der Waals surface area contributed by atoms with Crippen molar-refractivity contribution in [3.05, 3.63) is 54.6 Å². The number of aromatic nitrogens is 2. The van der Waals surface area contributed by atoms with Gasteiger partial charge >= 0.3 is 6.03 Å². The van der Waals surface area contributed by atoms with Gasteiger partial charge in [-0.15, -0.1) is 10.2 Å². The van der Waals surface area contributed by atoms with E-state index in [0.717, 1.165) is 17.0 Å². The molecule has 1 aliphatic heterocycles. The van der Waals surface area contributed by atoms with Crippen molar-refractivity contribution >= 4 is 11.7 Å². The van der Waals surface area contributed by atoms with Crippen LogP contribution in [0.4, 0.5) is 10.5 Å². The van der Waals surface area contributed by atoms with Gasteiger partial charge in [0.25, 0.3) is 0 Å². The van der Waals surface area contributed by atoms with E-state index in [1.807, 2.05) is 37.3 Å². The third kappa shape index (κ3) is 5.33. The Balaban J connectivity index is 1.20. The molecule has 160 valence electrons. The third-order valence-electron chi connectivity index (χ3n) is 4.37. The molecule has 4 rings (SSSR count). The van der Waals surface area contributed by atoms with Crippen molar-refractivity contribution < 1.29 is 23.7 Å². The highest BCUT2D eigenvalue weighted by Gasteiger charge is 2.14. The van der Waals surface area contributed by atoms with E-state index in [1.165, 1.54) is 0 Å². The highest BCUT2D eigenvalue weighted by Crippen LogP contribution is 2.34. The number of urea groups is 1. The quantitative estimate of drug-likeness (QED) is 0.536. The third-order valence-corrected chi connectivity index (χ3v) is 4.37. The molecule has 2 amide bonds. The van der Waals surface area contributed by atoms with Gasteiger partial charge in [0.2, 0.25) is 12.7 Å². The molecule has 2 aromatic carbocycles. The van der Waals surface area contributed by atoms with Gasteiger partial charge in [-0.05, 0) is 49.4 Å². The van der Waals surface area contributed by atoms with Crippen molar-refractivity contribution in [3.63, 3.8) is 0 Å². The smallest absolute Gasteiger partial charge is 0.319 e. The fourth-order valence-electron chi connectivity index (χ4n) is 2.91. The Bertz CT molecular complexity index is 1030. The lowest BCUT2D eigenvalue weighted by Crippen LogP contribution is -2.32. The van der Waals surface area contributed by atoms with Crippen LogP contribution in [0.5, 0.6) is 23.1 Å². The molecule has 0 atom stereocenters. The summed E-state index contributed by atoms with van der Waals surface area (Å²) in [6.07, 6.45) is 0. The van der Waals surface area contributed by atoms with Crippen molar-refractivity contribution in [2.75, 3.05) is 31.9 Å². The lowest BCUT2D eigenvalue weighted by atomic mass is 10.1. The maximum Gasteiger partial charge on any atom is 0.319 e. The average molecular weight is 422 g/mol. The molecule has 0 radical (unpaired) electrons. The molecule has 1 aliphatic rings. The predicted octanol–water partition coefficient (Wildman–Crippen LogP) is 3.47. The predicted molar refractivity (Wildman–Crippen MR) is 114 cm³/mol. The van der Waals surface area contributed by atoms with Crippen molar-refractivity contribution in [1.82, 2.24) is 15.5 Å². The summed E-state index contributed by atoms with van der Waals surface area (Å²) in [5.74, 6) is 2.46. The standard InChI is InChI=1S/C22H22N4O5/c1-2-28-17-6-3-15(4-7-17)18-8-10-21(26-25-18)29-12-11-23-22(27)24-16-5-9-19-20(13-16)31-14-30-19/h3-10,13H,2,11-12,14H2,1H3,(H2,23,24,27). The Morgan fingerprint density at radius 2 is 1.84 bits per heavy atom. The minimum atomic E-state index is -0.348. The molecule has 0 unspecified atom stereocenters. The largest absolute Gasteiger partial charge is 0.494 e. The zero-order chi connectivity index (χ0) is 21.5. The first-order valence-corrected chi connectivity index (χ1v) is 9.85. The van der Waals surface area contributed by atoms with E-state index >= 15 is 0 Å². The summed E-state index contributed by atoms with van der Waals surface area (Å²) in [4.78, 5) is 12.0. The molecule has 0 saturated carbocycles. The molecule has 9 nitrogen and oxygen atoms in total. The zero-order valence-corrected chi connectivity index (χ0v) is 17.0. The Kier molecular flexibility index (Phi) is 6.32. The van der Waals surface area contributed by atoms with E-state index in [-0.39, 0.29) is 19.4 Å². The number of rotatable bonds is 8. The van der Waals surface area contributed by atoms with E-state index in [0.29, 0.717) is 36.2 Å². The van der Waals surface area contributed by atoms with Gasteiger partial charge in [0.15, 0.2) is 11.5 Å². The van der Waals surface area contributed by atoms with Crippen LogP contribution in [0.1, 0.15) is 6.92 Å². The second-order valence-corrected chi connectivity index (χ2v) is 6.51. The molecule has 0 fully saturated rings. The summed E-state index contributed by atoms with van der Waals surface area (Å²) in [5, 5.41) is 13.7. The molecule has 2 heterocycles. The Labute approximate surface area is 179 Å². The number of carbonyl (C=O) groups is 1. The monoisotopic (exact) mass is 422 g/mol. The van der Waals surface area contributed by atoms with E-state index in [2.05, 4.69) is 20.8 Å². The van der Waals surface area contributed by atoms with Crippen molar-refractivity contribution in [2.45, 2.75) is 6.92 Å². The van der Waals surface area contributed by atoms with E-state index in [1.54, 1.807) is 24.3 Å². The number of amides is 2. The first-order chi connectivity index (χ1) is 15.2. The number of nitrogens with one attached hydrogen (secondary N) is 2. The van der Waals surface area contributed by atoms with Gasteiger partial charge in [0.1, 0.15) is 12.4 Å². The van der Waals surface area contributed by atoms with Crippen LogP contribution in [-0.4, -0.2) is 42.8 Å². The summed E-state index contributed by atoms with van der Waals surface area (Å²) < 4.78 is 21.5. The molecular weight excluding hydrogens is 400 g/mol. The molecular formula is C22H22N4O5. The van der Waals surface area contributed by atoms with Gasteiger partial charge < -0.3 is 29.6 Å². The van der Waals surface area contributed by atoms with Gasteiger partial charge in [-0.3, -0.25) is 0 Å². The maximum absolute atomic E-state index is 12.0. The summed E-state index contributed by atoms with van der Waals surface area (Å²) in [5.41, 5.74) is 2.28. The van der Waals surface area contributed by atoms with Gasteiger partial charge in [0.05, 0.1) is 18.8 Å². The molecule has 1 aromatic heterocycles. The lowest BCUT2D eigenvalue weighted by molar-refractivity contribution is 0.174. The average Bonchev–Trinajstić information content (AvgIpc) is 3.26. The second-order valence-electron chi connectivity index (χ2n) is 6.51. The fraction of sp³-hybridized carbons (Fsp3) is 0.227. The van der Waals surface area contributed by atoms with Gasteiger partial charge in [-0.25, -0.2) is 4.79 Å². The van der Waals surface area contributed by atoms with Crippen molar-refractivity contribution in [3.8, 4) is 34.4 Å². The number of hydrogen-bond donors (Lipinski definition) is 2. The zero-order valence-electron chi connectivity index (χ0n) is 17.0. The Morgan fingerprint density at radius 1 is 1.00 bits per heavy atom. The molecule has 0 bridgehead atoms. The SMILES string of the molecule is CCOc1ccc(-c2ccc(OCCNC(=O)Nc3ccc4c(c3)OCO4)nn2)cc1. The van der Waals surface area contributed by atoms with Crippen LogP contribution in [0.15, 0.2) is 54.6 Å². The maximum atomic E-state index is 12.0. The van der Waals surface area contributed by atoms with Crippen LogP contribution in [0, 0.1) is 0 Å². The van der Waals surface area contributed by atoms with E-state index < -0.39 is 0 Å².